The minimum absolute atomic E-state index is 0.0258. The van der Waals surface area contributed by atoms with Crippen LogP contribution in [0.4, 0.5) is 0 Å². The van der Waals surface area contributed by atoms with Gasteiger partial charge in [-0.25, -0.2) is 13.2 Å². The van der Waals surface area contributed by atoms with Crippen molar-refractivity contribution in [1.82, 2.24) is 4.90 Å². The third-order valence-corrected chi connectivity index (χ3v) is 4.29. The Balaban J connectivity index is 2.14. The molecule has 1 aliphatic heterocycles. The van der Waals surface area contributed by atoms with E-state index in [1.165, 1.54) is 29.2 Å². The fraction of sp³-hybridized carbons (Fsp3) is 0.385. The van der Waals surface area contributed by atoms with Gasteiger partial charge in [-0.2, -0.15) is 0 Å². The number of benzene rings is 1. The third-order valence-electron chi connectivity index (χ3n) is 3.16. The van der Waals surface area contributed by atoms with Gasteiger partial charge in [0, 0.05) is 18.4 Å². The van der Waals surface area contributed by atoms with Gasteiger partial charge in [0.05, 0.1) is 18.0 Å². The van der Waals surface area contributed by atoms with Gasteiger partial charge in [-0.1, -0.05) is 0 Å². The number of rotatable bonds is 3. The van der Waals surface area contributed by atoms with Gasteiger partial charge in [0.1, 0.15) is 0 Å². The van der Waals surface area contributed by atoms with Crippen molar-refractivity contribution in [3.05, 3.63) is 29.8 Å². The normalized spacial score (nSPS) is 19.3. The highest BCUT2D eigenvalue weighted by Crippen LogP contribution is 2.14. The number of carbonyl (C=O) groups excluding carboxylic acids is 1. The minimum atomic E-state index is -3.31. The summed E-state index contributed by atoms with van der Waals surface area (Å²) in [6, 6.07) is 5.56. The van der Waals surface area contributed by atoms with E-state index in [2.05, 4.69) is 0 Å². The van der Waals surface area contributed by atoms with Gasteiger partial charge in [0.2, 0.25) is 0 Å². The van der Waals surface area contributed by atoms with Crippen LogP contribution < -0.4 is 0 Å². The van der Waals surface area contributed by atoms with Crippen LogP contribution in [-0.2, 0) is 19.4 Å². The number of ether oxygens (including phenoxy) is 1. The second kappa shape index (κ2) is 5.82. The average molecular weight is 313 g/mol. The number of aliphatic carboxylic acids is 1. The van der Waals surface area contributed by atoms with E-state index < -0.39 is 21.9 Å². The topological polar surface area (TPSA) is 101 Å². The summed E-state index contributed by atoms with van der Waals surface area (Å²) in [6.07, 6.45) is 0.0569. The maximum Gasteiger partial charge on any atom is 0.334 e. The number of nitrogens with zero attached hydrogens (tertiary/aromatic N) is 1. The fourth-order valence-corrected chi connectivity index (χ4v) is 2.64. The highest BCUT2D eigenvalue weighted by Gasteiger charge is 2.29. The molecule has 1 aromatic rings. The van der Waals surface area contributed by atoms with E-state index in [4.69, 9.17) is 9.84 Å². The highest BCUT2D eigenvalue weighted by molar-refractivity contribution is 7.90. The quantitative estimate of drug-likeness (QED) is 0.844. The smallest absolute Gasteiger partial charge is 0.334 e. The molecule has 0 aromatic heterocycles. The van der Waals surface area contributed by atoms with Crippen molar-refractivity contribution in [2.45, 2.75) is 11.0 Å². The molecule has 1 aromatic carbocycles. The summed E-state index contributed by atoms with van der Waals surface area (Å²) in [4.78, 5) is 24.7. The van der Waals surface area contributed by atoms with Crippen LogP contribution in [0.5, 0.6) is 0 Å². The SMILES string of the molecule is CS(=O)(=O)c1ccc(C(=O)N2CCOC(C(=O)O)C2)cc1. The Morgan fingerprint density at radius 3 is 2.43 bits per heavy atom. The Labute approximate surface area is 122 Å². The first kappa shape index (κ1) is 15.5. The molecule has 2 rings (SSSR count). The molecule has 1 fully saturated rings. The van der Waals surface area contributed by atoms with E-state index >= 15 is 0 Å². The maximum atomic E-state index is 12.3. The molecule has 21 heavy (non-hydrogen) atoms. The predicted molar refractivity (Wildman–Crippen MR) is 72.8 cm³/mol. The molecule has 0 spiro atoms. The van der Waals surface area contributed by atoms with Gasteiger partial charge >= 0.3 is 5.97 Å². The minimum Gasteiger partial charge on any atom is -0.479 e. The van der Waals surface area contributed by atoms with Gasteiger partial charge in [-0.15, -0.1) is 0 Å². The Kier molecular flexibility index (Phi) is 4.29. The highest BCUT2D eigenvalue weighted by atomic mass is 32.2. The number of hydrogen-bond donors (Lipinski definition) is 1. The molecule has 1 unspecified atom stereocenters. The van der Waals surface area contributed by atoms with Crippen molar-refractivity contribution >= 4 is 21.7 Å². The van der Waals surface area contributed by atoms with E-state index in [9.17, 15) is 18.0 Å². The number of sulfone groups is 1. The lowest BCUT2D eigenvalue weighted by atomic mass is 10.1. The molecule has 1 atom stereocenters. The number of morpholine rings is 1. The molecule has 1 N–H and O–H groups in total. The Bertz CT molecular complexity index is 652. The first-order chi connectivity index (χ1) is 9.79. The second-order valence-electron chi connectivity index (χ2n) is 4.75. The van der Waals surface area contributed by atoms with Gasteiger partial charge < -0.3 is 14.7 Å². The molecule has 0 bridgehead atoms. The summed E-state index contributed by atoms with van der Waals surface area (Å²) in [6.45, 7) is 0.433. The number of carboxylic acids is 1. The fourth-order valence-electron chi connectivity index (χ4n) is 2.01. The predicted octanol–water partition coefficient (Wildman–Crippen LogP) is 0.0157. The average Bonchev–Trinajstić information content (AvgIpc) is 2.46. The lowest BCUT2D eigenvalue weighted by molar-refractivity contribution is -0.154. The van der Waals surface area contributed by atoms with Crippen molar-refractivity contribution in [3.8, 4) is 0 Å². The Morgan fingerprint density at radius 2 is 1.90 bits per heavy atom. The standard InChI is InChI=1S/C13H15NO6S/c1-21(18,19)10-4-2-9(3-5-10)12(15)14-6-7-20-11(8-14)13(16)17/h2-5,11H,6-8H2,1H3,(H,16,17). The van der Waals surface area contributed by atoms with Crippen molar-refractivity contribution in [2.24, 2.45) is 0 Å². The second-order valence-corrected chi connectivity index (χ2v) is 6.76. The van der Waals surface area contributed by atoms with Gasteiger partial charge in [-0.3, -0.25) is 4.79 Å². The summed E-state index contributed by atoms with van der Waals surface area (Å²) in [5.41, 5.74) is 0.313. The number of carbonyl (C=O) groups is 2. The maximum absolute atomic E-state index is 12.3. The molecule has 1 aliphatic rings. The zero-order valence-corrected chi connectivity index (χ0v) is 12.2. The third kappa shape index (κ3) is 3.59. The van der Waals surface area contributed by atoms with E-state index in [0.717, 1.165) is 6.26 Å². The summed E-state index contributed by atoms with van der Waals surface area (Å²) in [5, 5.41) is 8.90. The van der Waals surface area contributed by atoms with Crippen LogP contribution in [0.25, 0.3) is 0 Å². The summed E-state index contributed by atoms with van der Waals surface area (Å²) >= 11 is 0. The first-order valence-electron chi connectivity index (χ1n) is 6.23. The molecule has 1 saturated heterocycles. The summed E-state index contributed by atoms with van der Waals surface area (Å²) in [5.74, 6) is -1.45. The van der Waals surface area contributed by atoms with E-state index in [1.54, 1.807) is 0 Å². The summed E-state index contributed by atoms with van der Waals surface area (Å²) < 4.78 is 27.8. The molecule has 7 nitrogen and oxygen atoms in total. The van der Waals surface area contributed by atoms with E-state index in [0.29, 0.717) is 12.1 Å². The van der Waals surface area contributed by atoms with E-state index in [1.807, 2.05) is 0 Å². The molecule has 8 heteroatoms. The molecular weight excluding hydrogens is 298 g/mol. The monoisotopic (exact) mass is 313 g/mol. The largest absolute Gasteiger partial charge is 0.479 e. The van der Waals surface area contributed by atoms with Crippen LogP contribution in [0, 0.1) is 0 Å². The zero-order chi connectivity index (χ0) is 15.6. The Hall–Kier alpha value is -1.93. The van der Waals surface area contributed by atoms with Crippen LogP contribution in [0.2, 0.25) is 0 Å². The van der Waals surface area contributed by atoms with Crippen molar-refractivity contribution in [2.75, 3.05) is 26.0 Å². The molecule has 0 radical (unpaired) electrons. The van der Waals surface area contributed by atoms with Crippen LogP contribution in [0.15, 0.2) is 29.2 Å². The molecular formula is C13H15NO6S. The number of amides is 1. The zero-order valence-electron chi connectivity index (χ0n) is 11.4. The van der Waals surface area contributed by atoms with Gasteiger partial charge in [-0.05, 0) is 24.3 Å². The van der Waals surface area contributed by atoms with Crippen molar-refractivity contribution in [3.63, 3.8) is 0 Å². The first-order valence-corrected chi connectivity index (χ1v) is 8.12. The lowest BCUT2D eigenvalue weighted by Crippen LogP contribution is -2.48. The number of hydrogen-bond acceptors (Lipinski definition) is 5. The van der Waals surface area contributed by atoms with Crippen LogP contribution >= 0.6 is 0 Å². The van der Waals surface area contributed by atoms with Crippen LogP contribution in [-0.4, -0.2) is 62.4 Å². The van der Waals surface area contributed by atoms with Crippen LogP contribution in [0.3, 0.4) is 0 Å². The van der Waals surface area contributed by atoms with Crippen molar-refractivity contribution in [1.29, 1.82) is 0 Å². The molecule has 1 heterocycles. The number of carboxylic acid groups (broad SMARTS) is 1. The Morgan fingerprint density at radius 1 is 1.29 bits per heavy atom. The van der Waals surface area contributed by atoms with E-state index in [-0.39, 0.29) is 24.0 Å². The molecule has 1 amide bonds. The summed E-state index contributed by atoms with van der Waals surface area (Å²) in [7, 11) is -3.31. The van der Waals surface area contributed by atoms with Gasteiger partial charge in [0.25, 0.3) is 5.91 Å². The van der Waals surface area contributed by atoms with Gasteiger partial charge in [0.15, 0.2) is 15.9 Å². The van der Waals surface area contributed by atoms with Crippen LogP contribution in [0.1, 0.15) is 10.4 Å². The molecule has 0 aliphatic carbocycles. The molecule has 0 saturated carbocycles. The molecule has 114 valence electrons. The van der Waals surface area contributed by atoms with Crippen molar-refractivity contribution < 1.29 is 27.9 Å². The lowest BCUT2D eigenvalue weighted by Gasteiger charge is -2.30.